The van der Waals surface area contributed by atoms with Crippen molar-refractivity contribution in [3.8, 4) is 11.5 Å². The summed E-state index contributed by atoms with van der Waals surface area (Å²) in [6.07, 6.45) is 0.608. The normalized spacial score (nSPS) is 10.3. The van der Waals surface area contributed by atoms with Gasteiger partial charge in [0.25, 0.3) is 0 Å². The Morgan fingerprint density at radius 3 is 2.71 bits per heavy atom. The Morgan fingerprint density at radius 1 is 1.57 bits per heavy atom. The minimum absolute atomic E-state index is 0.0690. The van der Waals surface area contributed by atoms with E-state index in [-0.39, 0.29) is 10.8 Å². The fourth-order valence-corrected chi connectivity index (χ4v) is 1.76. The van der Waals surface area contributed by atoms with Crippen molar-refractivity contribution in [1.82, 2.24) is 0 Å². The molecule has 0 heterocycles. The van der Waals surface area contributed by atoms with Gasteiger partial charge < -0.3 is 15.6 Å². The van der Waals surface area contributed by atoms with Gasteiger partial charge in [0.05, 0.1) is 7.11 Å². The number of aryl methyl sites for hydroxylation is 1. The summed E-state index contributed by atoms with van der Waals surface area (Å²) in [4.78, 5) is 0. The minimum Gasteiger partial charge on any atom is -0.506 e. The molecule has 0 aliphatic rings. The molecule has 0 atom stereocenters. The van der Waals surface area contributed by atoms with Crippen molar-refractivity contribution in [3.63, 3.8) is 0 Å². The summed E-state index contributed by atoms with van der Waals surface area (Å²) >= 11 is 5.92. The Hall–Kier alpha value is -0.930. The van der Waals surface area contributed by atoms with Gasteiger partial charge in [-0.05, 0) is 37.1 Å². The number of methoxy groups -OCH3 is 1. The molecule has 0 spiro atoms. The van der Waals surface area contributed by atoms with Gasteiger partial charge in [0.2, 0.25) is 0 Å². The van der Waals surface area contributed by atoms with E-state index in [9.17, 15) is 5.11 Å². The zero-order valence-electron chi connectivity index (χ0n) is 8.30. The number of hydrogen-bond donors (Lipinski definition) is 2. The molecule has 0 aliphatic carbocycles. The van der Waals surface area contributed by atoms with Gasteiger partial charge >= 0.3 is 0 Å². The number of phenolic OH excluding ortho intramolecular Hbond substituents is 1. The first-order valence-electron chi connectivity index (χ1n) is 4.36. The largest absolute Gasteiger partial charge is 0.506 e. The van der Waals surface area contributed by atoms with Crippen LogP contribution in [0, 0.1) is 6.92 Å². The van der Waals surface area contributed by atoms with Gasteiger partial charge in [-0.2, -0.15) is 0 Å². The van der Waals surface area contributed by atoms with Crippen molar-refractivity contribution in [1.29, 1.82) is 0 Å². The van der Waals surface area contributed by atoms with Crippen LogP contribution < -0.4 is 10.5 Å². The molecule has 14 heavy (non-hydrogen) atoms. The Labute approximate surface area is 88.4 Å². The quantitative estimate of drug-likeness (QED) is 0.810. The van der Waals surface area contributed by atoms with Crippen molar-refractivity contribution < 1.29 is 9.84 Å². The Bertz CT molecular complexity index is 339. The van der Waals surface area contributed by atoms with E-state index < -0.39 is 0 Å². The number of ether oxygens (including phenoxy) is 1. The van der Waals surface area contributed by atoms with Crippen LogP contribution >= 0.6 is 11.6 Å². The van der Waals surface area contributed by atoms with E-state index in [0.717, 1.165) is 11.1 Å². The first-order valence-corrected chi connectivity index (χ1v) is 4.74. The van der Waals surface area contributed by atoms with Crippen LogP contribution in [0.3, 0.4) is 0 Å². The third-order valence-corrected chi connectivity index (χ3v) is 2.43. The van der Waals surface area contributed by atoms with Crippen LogP contribution in [-0.4, -0.2) is 18.8 Å². The molecule has 4 heteroatoms. The second kappa shape index (κ2) is 4.53. The summed E-state index contributed by atoms with van der Waals surface area (Å²) in [5.74, 6) is 0.588. The Balaban J connectivity index is 3.25. The zero-order valence-corrected chi connectivity index (χ0v) is 9.06. The van der Waals surface area contributed by atoms with Gasteiger partial charge in [-0.25, -0.2) is 0 Å². The highest BCUT2D eigenvalue weighted by molar-refractivity contribution is 6.33. The van der Waals surface area contributed by atoms with Crippen molar-refractivity contribution >= 4 is 11.6 Å². The summed E-state index contributed by atoms with van der Waals surface area (Å²) in [7, 11) is 1.52. The van der Waals surface area contributed by atoms with Crippen LogP contribution in [0.1, 0.15) is 11.1 Å². The zero-order chi connectivity index (χ0) is 10.7. The third-order valence-electron chi connectivity index (χ3n) is 2.08. The number of nitrogens with two attached hydrogens (primary N) is 1. The predicted octanol–water partition coefficient (Wildman–Crippen LogP) is 1.86. The molecule has 1 aromatic rings. The van der Waals surface area contributed by atoms with Crippen LogP contribution in [0.25, 0.3) is 0 Å². The highest BCUT2D eigenvalue weighted by atomic mass is 35.5. The lowest BCUT2D eigenvalue weighted by atomic mass is 10.1. The van der Waals surface area contributed by atoms with E-state index in [4.69, 9.17) is 22.1 Å². The maximum atomic E-state index is 9.70. The van der Waals surface area contributed by atoms with Crippen molar-refractivity contribution in [2.75, 3.05) is 13.7 Å². The molecular formula is C10H14ClNO2. The second-order valence-corrected chi connectivity index (χ2v) is 3.47. The lowest BCUT2D eigenvalue weighted by Crippen LogP contribution is -2.04. The summed E-state index contributed by atoms with van der Waals surface area (Å²) < 4.78 is 5.07. The van der Waals surface area contributed by atoms with Crippen LogP contribution in [0.2, 0.25) is 5.02 Å². The number of benzene rings is 1. The molecule has 0 saturated carbocycles. The van der Waals surface area contributed by atoms with Gasteiger partial charge in [0.15, 0.2) is 0 Å². The van der Waals surface area contributed by atoms with E-state index in [1.165, 1.54) is 7.11 Å². The summed E-state index contributed by atoms with van der Waals surface area (Å²) in [6, 6.07) is 1.84. The standard InChI is InChI=1S/C10H14ClNO2/c1-6-5-7(3-4-12)9(13)8(11)10(6)14-2/h5,13H,3-4,12H2,1-2H3. The number of aromatic hydroxyl groups is 1. The summed E-state index contributed by atoms with van der Waals surface area (Å²) in [6.45, 7) is 2.36. The molecule has 1 rings (SSSR count). The highest BCUT2D eigenvalue weighted by Gasteiger charge is 2.13. The van der Waals surface area contributed by atoms with Crippen molar-refractivity contribution in [2.45, 2.75) is 13.3 Å². The molecule has 0 aliphatic heterocycles. The van der Waals surface area contributed by atoms with Crippen LogP contribution in [0.15, 0.2) is 6.07 Å². The Kier molecular flexibility index (Phi) is 3.61. The van der Waals surface area contributed by atoms with Crippen LogP contribution in [0.4, 0.5) is 0 Å². The number of hydrogen-bond acceptors (Lipinski definition) is 3. The molecule has 0 fully saturated rings. The SMILES string of the molecule is COc1c(C)cc(CCN)c(O)c1Cl. The first-order chi connectivity index (χ1) is 6.61. The fraction of sp³-hybridized carbons (Fsp3) is 0.400. The maximum Gasteiger partial charge on any atom is 0.144 e. The minimum atomic E-state index is 0.0690. The van der Waals surface area contributed by atoms with E-state index in [1.54, 1.807) is 0 Å². The number of halogens is 1. The topological polar surface area (TPSA) is 55.5 Å². The summed E-state index contributed by atoms with van der Waals surface area (Å²) in [5, 5.41) is 9.96. The lowest BCUT2D eigenvalue weighted by Gasteiger charge is -2.12. The van der Waals surface area contributed by atoms with Crippen LogP contribution in [-0.2, 0) is 6.42 Å². The molecule has 78 valence electrons. The molecule has 0 unspecified atom stereocenters. The number of rotatable bonds is 3. The van der Waals surface area contributed by atoms with Crippen molar-refractivity contribution in [2.24, 2.45) is 5.73 Å². The van der Waals surface area contributed by atoms with Crippen molar-refractivity contribution in [3.05, 3.63) is 22.2 Å². The van der Waals surface area contributed by atoms with Gasteiger partial charge in [0, 0.05) is 0 Å². The van der Waals surface area contributed by atoms with Gasteiger partial charge in [-0.1, -0.05) is 11.6 Å². The maximum absolute atomic E-state index is 9.70. The first kappa shape index (κ1) is 11.1. The average molecular weight is 216 g/mol. The summed E-state index contributed by atoms with van der Waals surface area (Å²) in [5.41, 5.74) is 7.08. The van der Waals surface area contributed by atoms with Gasteiger partial charge in [-0.3, -0.25) is 0 Å². The van der Waals surface area contributed by atoms with E-state index in [1.807, 2.05) is 13.0 Å². The smallest absolute Gasteiger partial charge is 0.144 e. The molecule has 3 nitrogen and oxygen atoms in total. The highest BCUT2D eigenvalue weighted by Crippen LogP contribution is 2.38. The van der Waals surface area contributed by atoms with E-state index in [2.05, 4.69) is 0 Å². The molecular weight excluding hydrogens is 202 g/mol. The van der Waals surface area contributed by atoms with Crippen LogP contribution in [0.5, 0.6) is 11.5 Å². The third kappa shape index (κ3) is 1.94. The molecule has 1 aromatic carbocycles. The van der Waals surface area contributed by atoms with Gasteiger partial charge in [-0.15, -0.1) is 0 Å². The molecule has 0 bridgehead atoms. The average Bonchev–Trinajstić information content (AvgIpc) is 2.15. The van der Waals surface area contributed by atoms with Gasteiger partial charge in [0.1, 0.15) is 16.5 Å². The Morgan fingerprint density at radius 2 is 2.21 bits per heavy atom. The fourth-order valence-electron chi connectivity index (χ4n) is 1.41. The molecule has 0 aromatic heterocycles. The lowest BCUT2D eigenvalue weighted by molar-refractivity contribution is 0.404. The molecule has 0 amide bonds. The number of phenols is 1. The van der Waals surface area contributed by atoms with E-state index >= 15 is 0 Å². The monoisotopic (exact) mass is 215 g/mol. The predicted molar refractivity (Wildman–Crippen MR) is 57.2 cm³/mol. The molecule has 0 radical (unpaired) electrons. The van der Waals surface area contributed by atoms with E-state index in [0.29, 0.717) is 18.7 Å². The molecule has 3 N–H and O–H groups in total. The molecule has 0 saturated heterocycles. The second-order valence-electron chi connectivity index (χ2n) is 3.09.